The highest BCUT2D eigenvalue weighted by Gasteiger charge is 2.38. The summed E-state index contributed by atoms with van der Waals surface area (Å²) in [6.45, 7) is 1.30. The fourth-order valence-corrected chi connectivity index (χ4v) is 4.23. The number of ether oxygens (including phenoxy) is 1. The lowest BCUT2D eigenvalue weighted by atomic mass is 10.1. The number of para-hydroxylation sites is 1. The first-order chi connectivity index (χ1) is 15.5. The van der Waals surface area contributed by atoms with E-state index < -0.39 is 45.6 Å². The van der Waals surface area contributed by atoms with Crippen LogP contribution in [0.3, 0.4) is 0 Å². The maximum atomic E-state index is 14.0. The first kappa shape index (κ1) is 24.3. The van der Waals surface area contributed by atoms with Gasteiger partial charge in [0.05, 0.1) is 16.5 Å². The van der Waals surface area contributed by atoms with E-state index in [1.54, 1.807) is 6.07 Å². The monoisotopic (exact) mass is 477 g/mol. The lowest BCUT2D eigenvalue weighted by Crippen LogP contribution is -2.33. The van der Waals surface area contributed by atoms with E-state index in [1.807, 2.05) is 0 Å². The van der Waals surface area contributed by atoms with Gasteiger partial charge >= 0.3 is 5.97 Å². The number of nitrogens with zero attached hydrogens (tertiary/aromatic N) is 2. The van der Waals surface area contributed by atoms with E-state index in [9.17, 15) is 27.2 Å². The van der Waals surface area contributed by atoms with Gasteiger partial charge in [0.25, 0.3) is 5.91 Å². The zero-order valence-electron chi connectivity index (χ0n) is 18.3. The molecule has 0 radical (unpaired) electrons. The van der Waals surface area contributed by atoms with Crippen LogP contribution in [0, 0.1) is 11.7 Å². The van der Waals surface area contributed by atoms with Gasteiger partial charge in [-0.1, -0.05) is 18.2 Å². The van der Waals surface area contributed by atoms with Crippen molar-refractivity contribution >= 4 is 39.2 Å². The van der Waals surface area contributed by atoms with Crippen molar-refractivity contribution in [1.82, 2.24) is 4.31 Å². The highest BCUT2D eigenvalue weighted by atomic mass is 32.2. The van der Waals surface area contributed by atoms with Gasteiger partial charge in [0, 0.05) is 32.7 Å². The number of halogens is 1. The second-order valence-corrected chi connectivity index (χ2v) is 9.89. The number of rotatable bonds is 7. The van der Waals surface area contributed by atoms with E-state index in [0.717, 1.165) is 4.31 Å². The van der Waals surface area contributed by atoms with E-state index in [-0.39, 0.29) is 29.2 Å². The summed E-state index contributed by atoms with van der Waals surface area (Å²) < 4.78 is 44.8. The summed E-state index contributed by atoms with van der Waals surface area (Å²) in [5, 5.41) is 2.51. The van der Waals surface area contributed by atoms with Crippen LogP contribution in [0.5, 0.6) is 0 Å². The Labute approximate surface area is 191 Å². The summed E-state index contributed by atoms with van der Waals surface area (Å²) >= 11 is 0. The van der Waals surface area contributed by atoms with Crippen LogP contribution in [0.25, 0.3) is 0 Å². The molecule has 0 spiro atoms. The molecule has 1 N–H and O–H groups in total. The van der Waals surface area contributed by atoms with E-state index in [1.165, 1.54) is 68.4 Å². The highest BCUT2D eigenvalue weighted by molar-refractivity contribution is 7.89. The molecule has 2 atom stereocenters. The minimum Gasteiger partial charge on any atom is -0.452 e. The van der Waals surface area contributed by atoms with Crippen LogP contribution in [0.1, 0.15) is 13.3 Å². The average molecular weight is 478 g/mol. The Hall–Kier alpha value is -3.31. The van der Waals surface area contributed by atoms with Crippen molar-refractivity contribution in [2.75, 3.05) is 30.9 Å². The number of nitrogens with one attached hydrogen (secondary N) is 1. The van der Waals surface area contributed by atoms with Crippen molar-refractivity contribution in [3.05, 3.63) is 54.3 Å². The van der Waals surface area contributed by atoms with Crippen LogP contribution in [0.4, 0.5) is 15.8 Å². The van der Waals surface area contributed by atoms with Gasteiger partial charge in [-0.25, -0.2) is 17.1 Å². The predicted molar refractivity (Wildman–Crippen MR) is 118 cm³/mol. The third-order valence-electron chi connectivity index (χ3n) is 5.14. The lowest BCUT2D eigenvalue weighted by Gasteiger charge is -2.18. The van der Waals surface area contributed by atoms with Gasteiger partial charge in [-0.2, -0.15) is 0 Å². The van der Waals surface area contributed by atoms with Gasteiger partial charge in [0.1, 0.15) is 5.82 Å². The predicted octanol–water partition coefficient (Wildman–Crippen LogP) is 2.00. The van der Waals surface area contributed by atoms with Crippen molar-refractivity contribution in [2.24, 2.45) is 5.92 Å². The molecule has 1 saturated heterocycles. The average Bonchev–Trinajstić information content (AvgIpc) is 3.15. The first-order valence-corrected chi connectivity index (χ1v) is 11.5. The van der Waals surface area contributed by atoms with Crippen LogP contribution in [-0.2, 0) is 29.1 Å². The minimum atomic E-state index is -3.69. The molecular formula is C22H24FN3O6S. The number of esters is 1. The molecule has 2 aromatic carbocycles. The number of hydrogen-bond acceptors (Lipinski definition) is 6. The molecule has 0 saturated carbocycles. The Morgan fingerprint density at radius 3 is 2.55 bits per heavy atom. The second kappa shape index (κ2) is 9.67. The molecule has 9 nitrogen and oxygen atoms in total. The maximum absolute atomic E-state index is 14.0. The molecule has 1 fully saturated rings. The van der Waals surface area contributed by atoms with Gasteiger partial charge in [0.2, 0.25) is 15.9 Å². The third kappa shape index (κ3) is 5.37. The molecule has 1 heterocycles. The maximum Gasteiger partial charge on any atom is 0.312 e. The standard InChI is InChI=1S/C22H24FN3O6S/c1-14(21(28)24-16-7-6-8-17(12-16)33(30,31)25(2)3)32-22(29)15-11-20(27)26(13-15)19-10-5-4-9-18(19)23/h4-10,12,14-15H,11,13H2,1-3H3,(H,24,28)/t14-,15+/m0/s1. The minimum absolute atomic E-state index is 0.00680. The normalized spacial score (nSPS) is 17.2. The molecule has 176 valence electrons. The van der Waals surface area contributed by atoms with Crippen molar-refractivity contribution in [1.29, 1.82) is 0 Å². The first-order valence-electron chi connectivity index (χ1n) is 10.1. The summed E-state index contributed by atoms with van der Waals surface area (Å²) in [7, 11) is -0.905. The summed E-state index contributed by atoms with van der Waals surface area (Å²) in [5.74, 6) is -3.27. The molecule has 3 rings (SSSR count). The molecule has 33 heavy (non-hydrogen) atoms. The molecular weight excluding hydrogens is 453 g/mol. The van der Waals surface area contributed by atoms with E-state index >= 15 is 0 Å². The second-order valence-electron chi connectivity index (χ2n) is 7.74. The smallest absolute Gasteiger partial charge is 0.312 e. The lowest BCUT2D eigenvalue weighted by molar-refractivity contribution is -0.157. The molecule has 2 aromatic rings. The zero-order chi connectivity index (χ0) is 24.3. The molecule has 1 aliphatic rings. The fraction of sp³-hybridized carbons (Fsp3) is 0.318. The van der Waals surface area contributed by atoms with Crippen LogP contribution in [0.15, 0.2) is 53.4 Å². The third-order valence-corrected chi connectivity index (χ3v) is 6.96. The van der Waals surface area contributed by atoms with Crippen molar-refractivity contribution < 1.29 is 31.9 Å². The van der Waals surface area contributed by atoms with Crippen molar-refractivity contribution in [3.63, 3.8) is 0 Å². The Bertz CT molecular complexity index is 1180. The van der Waals surface area contributed by atoms with Gasteiger partial charge in [-0.3, -0.25) is 14.4 Å². The number of anilines is 2. The molecule has 11 heteroatoms. The Kier molecular flexibility index (Phi) is 7.13. The molecule has 2 amide bonds. The summed E-state index contributed by atoms with van der Waals surface area (Å²) in [5.41, 5.74) is 0.295. The SMILES string of the molecule is C[C@H](OC(=O)[C@@H]1CC(=O)N(c2ccccc2F)C1)C(=O)Nc1cccc(S(=O)(=O)N(C)C)c1. The summed E-state index contributed by atoms with van der Waals surface area (Å²) in [4.78, 5) is 38.5. The van der Waals surface area contributed by atoms with Gasteiger partial charge < -0.3 is 15.0 Å². The molecule has 0 aliphatic carbocycles. The number of amides is 2. The van der Waals surface area contributed by atoms with Gasteiger partial charge in [-0.05, 0) is 37.3 Å². The van der Waals surface area contributed by atoms with Crippen LogP contribution in [0.2, 0.25) is 0 Å². The molecule has 0 bridgehead atoms. The van der Waals surface area contributed by atoms with Gasteiger partial charge in [0.15, 0.2) is 6.10 Å². The Morgan fingerprint density at radius 2 is 1.88 bits per heavy atom. The number of benzene rings is 2. The largest absolute Gasteiger partial charge is 0.452 e. The Balaban J connectivity index is 1.62. The Morgan fingerprint density at radius 1 is 1.18 bits per heavy atom. The zero-order valence-corrected chi connectivity index (χ0v) is 19.1. The van der Waals surface area contributed by atoms with E-state index in [0.29, 0.717) is 0 Å². The topological polar surface area (TPSA) is 113 Å². The molecule has 0 aromatic heterocycles. The van der Waals surface area contributed by atoms with Crippen molar-refractivity contribution in [3.8, 4) is 0 Å². The van der Waals surface area contributed by atoms with E-state index in [2.05, 4.69) is 5.32 Å². The number of hydrogen-bond donors (Lipinski definition) is 1. The quantitative estimate of drug-likeness (QED) is 0.611. The summed E-state index contributed by atoms with van der Waals surface area (Å²) in [6, 6.07) is 11.4. The van der Waals surface area contributed by atoms with Crippen molar-refractivity contribution in [2.45, 2.75) is 24.3 Å². The number of carbonyl (C=O) groups is 3. The summed E-state index contributed by atoms with van der Waals surface area (Å²) in [6.07, 6.45) is -1.37. The number of carbonyl (C=O) groups excluding carboxylic acids is 3. The van der Waals surface area contributed by atoms with Gasteiger partial charge in [-0.15, -0.1) is 0 Å². The van der Waals surface area contributed by atoms with Crippen LogP contribution < -0.4 is 10.2 Å². The fourth-order valence-electron chi connectivity index (χ4n) is 3.28. The number of sulfonamides is 1. The molecule has 1 aliphatic heterocycles. The highest BCUT2D eigenvalue weighted by Crippen LogP contribution is 2.28. The van der Waals surface area contributed by atoms with E-state index in [4.69, 9.17) is 4.74 Å². The van der Waals surface area contributed by atoms with Crippen LogP contribution in [-0.4, -0.2) is 57.3 Å². The molecule has 0 unspecified atom stereocenters. The van der Waals surface area contributed by atoms with Crippen LogP contribution >= 0.6 is 0 Å².